The van der Waals surface area contributed by atoms with Crippen LogP contribution in [0.25, 0.3) is 0 Å². The summed E-state index contributed by atoms with van der Waals surface area (Å²) in [5.41, 5.74) is 1.08. The molecule has 2 aromatic rings. The Kier molecular flexibility index (Phi) is 5.48. The number of fused-ring (bicyclic) bond motifs is 1. The van der Waals surface area contributed by atoms with Crippen LogP contribution in [0.15, 0.2) is 48.5 Å². The van der Waals surface area contributed by atoms with Gasteiger partial charge in [-0.15, -0.1) is 0 Å². The molecule has 1 amide bonds. The monoisotopic (exact) mass is 384 g/mol. The van der Waals surface area contributed by atoms with Gasteiger partial charge in [0.2, 0.25) is 6.10 Å². The van der Waals surface area contributed by atoms with E-state index in [1.807, 2.05) is 48.2 Å². The van der Waals surface area contributed by atoms with Gasteiger partial charge in [-0.2, -0.15) is 0 Å². The number of nitrogens with zero attached hydrogens (tertiary/aromatic N) is 2. The van der Waals surface area contributed by atoms with E-state index in [1.165, 1.54) is 12.1 Å². The van der Waals surface area contributed by atoms with Gasteiger partial charge in [0.1, 0.15) is 11.9 Å². The number of rotatable bonds is 3. The molecule has 0 aliphatic carbocycles. The van der Waals surface area contributed by atoms with Crippen LogP contribution in [0.5, 0.6) is 11.5 Å². The van der Waals surface area contributed by atoms with E-state index >= 15 is 0 Å². The van der Waals surface area contributed by atoms with Crippen LogP contribution in [0.3, 0.4) is 0 Å². The number of halogens is 1. The van der Waals surface area contributed by atoms with Gasteiger partial charge in [-0.05, 0) is 43.2 Å². The van der Waals surface area contributed by atoms with Crippen LogP contribution < -0.4 is 9.47 Å². The number of ether oxygens (including phenoxy) is 2. The lowest BCUT2D eigenvalue weighted by Gasteiger charge is -2.34. The highest BCUT2D eigenvalue weighted by atomic mass is 19.1. The van der Waals surface area contributed by atoms with Crippen LogP contribution in [-0.4, -0.2) is 54.1 Å². The molecular formula is C22H25FN2O3. The number of carbonyl (C=O) groups excluding carboxylic acids is 1. The van der Waals surface area contributed by atoms with Crippen molar-refractivity contribution in [3.8, 4) is 11.5 Å². The Morgan fingerprint density at radius 3 is 2.46 bits per heavy atom. The predicted octanol–water partition coefficient (Wildman–Crippen LogP) is 3.09. The van der Waals surface area contributed by atoms with E-state index in [0.29, 0.717) is 24.6 Å². The molecule has 2 aromatic carbocycles. The first-order valence-corrected chi connectivity index (χ1v) is 9.78. The molecule has 0 saturated carbocycles. The third-order valence-electron chi connectivity index (χ3n) is 5.31. The van der Waals surface area contributed by atoms with Crippen LogP contribution in [0.1, 0.15) is 18.9 Å². The summed E-state index contributed by atoms with van der Waals surface area (Å²) >= 11 is 0. The minimum atomic E-state index is -0.626. The standard InChI is InChI=1S/C22H25FN2O3/c1-16-21(28-20-6-3-2-5-19(20)27-16)22(26)25-12-4-11-24(13-14-25)15-17-7-9-18(23)10-8-17/h2-3,5-10,16,21H,4,11-15H2,1H3. The summed E-state index contributed by atoms with van der Waals surface area (Å²) in [4.78, 5) is 17.3. The largest absolute Gasteiger partial charge is 0.482 e. The summed E-state index contributed by atoms with van der Waals surface area (Å²) < 4.78 is 24.9. The van der Waals surface area contributed by atoms with E-state index in [-0.39, 0.29) is 17.8 Å². The smallest absolute Gasteiger partial charge is 0.267 e. The van der Waals surface area contributed by atoms with E-state index in [1.54, 1.807) is 0 Å². The summed E-state index contributed by atoms with van der Waals surface area (Å²) in [6.07, 6.45) is -0.0645. The van der Waals surface area contributed by atoms with Gasteiger partial charge < -0.3 is 14.4 Å². The lowest BCUT2D eigenvalue weighted by Crippen LogP contribution is -2.51. The Morgan fingerprint density at radius 1 is 1.00 bits per heavy atom. The van der Waals surface area contributed by atoms with Crippen LogP contribution in [-0.2, 0) is 11.3 Å². The van der Waals surface area contributed by atoms with Gasteiger partial charge >= 0.3 is 0 Å². The van der Waals surface area contributed by atoms with Crippen molar-refractivity contribution in [1.29, 1.82) is 0 Å². The molecule has 28 heavy (non-hydrogen) atoms. The summed E-state index contributed by atoms with van der Waals surface area (Å²) in [5.74, 6) is 1.06. The van der Waals surface area contributed by atoms with Gasteiger partial charge in [0.25, 0.3) is 5.91 Å². The summed E-state index contributed by atoms with van der Waals surface area (Å²) in [6.45, 7) is 5.66. The number of para-hydroxylation sites is 2. The molecule has 0 aromatic heterocycles. The number of carbonyl (C=O) groups is 1. The van der Waals surface area contributed by atoms with Gasteiger partial charge in [0.05, 0.1) is 0 Å². The lowest BCUT2D eigenvalue weighted by atomic mass is 10.1. The van der Waals surface area contributed by atoms with Crippen molar-refractivity contribution in [2.24, 2.45) is 0 Å². The van der Waals surface area contributed by atoms with E-state index in [0.717, 1.165) is 31.6 Å². The topological polar surface area (TPSA) is 42.0 Å². The zero-order valence-corrected chi connectivity index (χ0v) is 16.0. The molecular weight excluding hydrogens is 359 g/mol. The Hall–Kier alpha value is -2.60. The normalized spacial score (nSPS) is 22.6. The summed E-state index contributed by atoms with van der Waals surface area (Å²) in [6, 6.07) is 14.1. The first kappa shape index (κ1) is 18.7. The minimum Gasteiger partial charge on any atom is -0.482 e. The van der Waals surface area contributed by atoms with Crippen molar-refractivity contribution < 1.29 is 18.7 Å². The molecule has 0 N–H and O–H groups in total. The molecule has 6 heteroatoms. The average Bonchev–Trinajstić information content (AvgIpc) is 2.94. The molecule has 1 fully saturated rings. The zero-order chi connectivity index (χ0) is 19.5. The van der Waals surface area contributed by atoms with Crippen LogP contribution in [0.4, 0.5) is 4.39 Å². The maximum absolute atomic E-state index is 13.1. The van der Waals surface area contributed by atoms with Crippen molar-refractivity contribution in [1.82, 2.24) is 9.80 Å². The molecule has 0 spiro atoms. The third-order valence-corrected chi connectivity index (χ3v) is 5.31. The van der Waals surface area contributed by atoms with Crippen LogP contribution in [0, 0.1) is 5.82 Å². The van der Waals surface area contributed by atoms with Gasteiger partial charge in [-0.25, -0.2) is 4.39 Å². The molecule has 2 aliphatic rings. The SMILES string of the molecule is CC1Oc2ccccc2OC1C(=O)N1CCCN(Cc2ccc(F)cc2)CC1. The molecule has 148 valence electrons. The molecule has 2 unspecified atom stereocenters. The Balaban J connectivity index is 1.37. The molecule has 4 rings (SSSR count). The number of benzene rings is 2. The highest BCUT2D eigenvalue weighted by Crippen LogP contribution is 2.34. The predicted molar refractivity (Wildman–Crippen MR) is 104 cm³/mol. The minimum absolute atomic E-state index is 0.0226. The molecule has 0 radical (unpaired) electrons. The Labute approximate surface area is 164 Å². The fraction of sp³-hybridized carbons (Fsp3) is 0.409. The van der Waals surface area contributed by atoms with Crippen LogP contribution in [0.2, 0.25) is 0 Å². The second kappa shape index (κ2) is 8.19. The fourth-order valence-electron chi connectivity index (χ4n) is 3.77. The van der Waals surface area contributed by atoms with Gasteiger partial charge in [0.15, 0.2) is 11.5 Å². The zero-order valence-electron chi connectivity index (χ0n) is 16.0. The average molecular weight is 384 g/mol. The molecule has 2 atom stereocenters. The van der Waals surface area contributed by atoms with E-state index in [9.17, 15) is 9.18 Å². The van der Waals surface area contributed by atoms with Gasteiger partial charge in [0, 0.05) is 32.7 Å². The Morgan fingerprint density at radius 2 is 1.71 bits per heavy atom. The molecule has 0 bridgehead atoms. The van der Waals surface area contributed by atoms with Crippen molar-refractivity contribution in [2.75, 3.05) is 26.2 Å². The molecule has 2 heterocycles. The number of amides is 1. The first-order valence-electron chi connectivity index (χ1n) is 9.78. The summed E-state index contributed by atoms with van der Waals surface area (Å²) in [5, 5.41) is 0. The first-order chi connectivity index (χ1) is 13.6. The van der Waals surface area contributed by atoms with E-state index in [4.69, 9.17) is 9.47 Å². The molecule has 1 saturated heterocycles. The maximum Gasteiger partial charge on any atom is 0.267 e. The lowest BCUT2D eigenvalue weighted by molar-refractivity contribution is -0.144. The highest BCUT2D eigenvalue weighted by Gasteiger charge is 2.37. The maximum atomic E-state index is 13.1. The third kappa shape index (κ3) is 4.12. The van der Waals surface area contributed by atoms with Crippen LogP contribution >= 0.6 is 0 Å². The summed E-state index contributed by atoms with van der Waals surface area (Å²) in [7, 11) is 0. The van der Waals surface area contributed by atoms with Crippen molar-refractivity contribution in [3.63, 3.8) is 0 Å². The molecule has 5 nitrogen and oxygen atoms in total. The second-order valence-corrected chi connectivity index (χ2v) is 7.39. The van der Waals surface area contributed by atoms with Gasteiger partial charge in [-0.3, -0.25) is 9.69 Å². The second-order valence-electron chi connectivity index (χ2n) is 7.39. The van der Waals surface area contributed by atoms with Crippen molar-refractivity contribution in [2.45, 2.75) is 32.1 Å². The van der Waals surface area contributed by atoms with E-state index in [2.05, 4.69) is 4.90 Å². The Bertz CT molecular complexity index is 827. The molecule has 2 aliphatic heterocycles. The van der Waals surface area contributed by atoms with E-state index < -0.39 is 6.10 Å². The fourth-order valence-corrected chi connectivity index (χ4v) is 3.77. The quantitative estimate of drug-likeness (QED) is 0.816. The van der Waals surface area contributed by atoms with Crippen molar-refractivity contribution in [3.05, 3.63) is 59.9 Å². The number of hydrogen-bond acceptors (Lipinski definition) is 4. The number of hydrogen-bond donors (Lipinski definition) is 0. The van der Waals surface area contributed by atoms with Gasteiger partial charge in [-0.1, -0.05) is 24.3 Å². The van der Waals surface area contributed by atoms with Crippen molar-refractivity contribution >= 4 is 5.91 Å². The highest BCUT2D eigenvalue weighted by molar-refractivity contribution is 5.82.